The highest BCUT2D eigenvalue weighted by molar-refractivity contribution is 6.04. The second-order valence-corrected chi connectivity index (χ2v) is 5.00. The van der Waals surface area contributed by atoms with Crippen molar-refractivity contribution < 1.29 is 13.6 Å². The summed E-state index contributed by atoms with van der Waals surface area (Å²) in [7, 11) is 0. The maximum atomic E-state index is 13.3. The Hall–Kier alpha value is -3.02. The van der Waals surface area contributed by atoms with Gasteiger partial charge in [0.05, 0.1) is 11.4 Å². The van der Waals surface area contributed by atoms with E-state index in [9.17, 15) is 13.6 Å². The van der Waals surface area contributed by atoms with E-state index in [4.69, 9.17) is 0 Å². The molecule has 0 bridgehead atoms. The molecular formula is C17H13F2N3O. The van der Waals surface area contributed by atoms with Gasteiger partial charge in [-0.1, -0.05) is 18.2 Å². The Kier molecular flexibility index (Phi) is 3.89. The van der Waals surface area contributed by atoms with Crippen LogP contribution in [0.3, 0.4) is 0 Å². The number of hydrogen-bond donors (Lipinski definition) is 1. The summed E-state index contributed by atoms with van der Waals surface area (Å²) in [6.07, 6.45) is 0. The number of nitrogens with one attached hydrogen (secondary N) is 1. The van der Waals surface area contributed by atoms with Crippen LogP contribution < -0.4 is 5.32 Å². The van der Waals surface area contributed by atoms with Crippen molar-refractivity contribution in [2.75, 3.05) is 5.32 Å². The minimum absolute atomic E-state index is 0.0300. The first-order valence-electron chi connectivity index (χ1n) is 6.93. The predicted octanol–water partition coefficient (Wildman–Crippen LogP) is 3.71. The highest BCUT2D eigenvalue weighted by Gasteiger charge is 2.14. The fourth-order valence-electron chi connectivity index (χ4n) is 2.18. The van der Waals surface area contributed by atoms with Gasteiger partial charge in [-0.25, -0.2) is 13.5 Å². The Bertz CT molecular complexity index is 860. The molecule has 0 unspecified atom stereocenters. The lowest BCUT2D eigenvalue weighted by Gasteiger charge is -2.09. The van der Waals surface area contributed by atoms with Gasteiger partial charge in [0, 0.05) is 11.6 Å². The number of hydrogen-bond acceptors (Lipinski definition) is 2. The van der Waals surface area contributed by atoms with Gasteiger partial charge in [0.25, 0.3) is 5.91 Å². The van der Waals surface area contributed by atoms with Crippen molar-refractivity contribution in [2.45, 2.75) is 6.92 Å². The van der Waals surface area contributed by atoms with Crippen molar-refractivity contribution in [3.8, 4) is 5.69 Å². The van der Waals surface area contributed by atoms with E-state index in [2.05, 4.69) is 10.4 Å². The summed E-state index contributed by atoms with van der Waals surface area (Å²) < 4.78 is 27.8. The molecular weight excluding hydrogens is 300 g/mol. The molecule has 0 radical (unpaired) electrons. The number of rotatable bonds is 3. The molecule has 3 aromatic rings. The quantitative estimate of drug-likeness (QED) is 0.801. The Morgan fingerprint density at radius 2 is 1.78 bits per heavy atom. The zero-order valence-corrected chi connectivity index (χ0v) is 12.3. The second-order valence-electron chi connectivity index (χ2n) is 5.00. The summed E-state index contributed by atoms with van der Waals surface area (Å²) in [6, 6.07) is 14.0. The number of para-hydroxylation sites is 1. The first kappa shape index (κ1) is 14.9. The summed E-state index contributed by atoms with van der Waals surface area (Å²) in [5.74, 6) is -2.15. The molecule has 1 aromatic heterocycles. The zero-order chi connectivity index (χ0) is 16.4. The average molecular weight is 313 g/mol. The largest absolute Gasteiger partial charge is 0.306 e. The molecule has 0 aliphatic carbocycles. The van der Waals surface area contributed by atoms with Gasteiger partial charge in [-0.05, 0) is 37.3 Å². The van der Waals surface area contributed by atoms with Crippen LogP contribution in [0.25, 0.3) is 5.69 Å². The van der Waals surface area contributed by atoms with Gasteiger partial charge in [0.1, 0.15) is 5.82 Å². The van der Waals surface area contributed by atoms with Crippen molar-refractivity contribution >= 4 is 11.7 Å². The monoisotopic (exact) mass is 313 g/mol. The van der Waals surface area contributed by atoms with Gasteiger partial charge in [-0.15, -0.1) is 0 Å². The third kappa shape index (κ3) is 3.11. The standard InChI is InChI=1S/C17H13F2N3O/c1-11-9-16(22(21-11)13-5-3-2-4-6-13)20-17(23)12-7-8-14(18)15(19)10-12/h2-10H,1H3,(H,20,23). The fraction of sp³-hybridized carbons (Fsp3) is 0.0588. The zero-order valence-electron chi connectivity index (χ0n) is 12.3. The van der Waals surface area contributed by atoms with Crippen molar-refractivity contribution in [2.24, 2.45) is 0 Å². The number of amides is 1. The van der Waals surface area contributed by atoms with E-state index in [0.717, 1.165) is 23.5 Å². The predicted molar refractivity (Wildman–Crippen MR) is 82.6 cm³/mol. The van der Waals surface area contributed by atoms with E-state index in [1.807, 2.05) is 30.3 Å². The number of carbonyl (C=O) groups excluding carboxylic acids is 1. The summed E-state index contributed by atoms with van der Waals surface area (Å²) >= 11 is 0. The van der Waals surface area contributed by atoms with Crippen LogP contribution in [-0.4, -0.2) is 15.7 Å². The van der Waals surface area contributed by atoms with E-state index in [-0.39, 0.29) is 5.56 Å². The van der Waals surface area contributed by atoms with Crippen LogP contribution in [0.2, 0.25) is 0 Å². The molecule has 23 heavy (non-hydrogen) atoms. The molecule has 0 atom stereocenters. The van der Waals surface area contributed by atoms with Crippen molar-refractivity contribution in [1.82, 2.24) is 9.78 Å². The Morgan fingerprint density at radius 3 is 2.48 bits per heavy atom. The number of carbonyl (C=O) groups is 1. The highest BCUT2D eigenvalue weighted by Crippen LogP contribution is 2.18. The molecule has 116 valence electrons. The molecule has 6 heteroatoms. The summed E-state index contributed by atoms with van der Waals surface area (Å²) in [4.78, 5) is 12.2. The molecule has 1 amide bonds. The van der Waals surface area contributed by atoms with Gasteiger partial charge >= 0.3 is 0 Å². The van der Waals surface area contributed by atoms with Crippen molar-refractivity contribution in [3.63, 3.8) is 0 Å². The van der Waals surface area contributed by atoms with Gasteiger partial charge in [-0.3, -0.25) is 4.79 Å². The van der Waals surface area contributed by atoms with Crippen LogP contribution in [-0.2, 0) is 0 Å². The number of nitrogens with zero attached hydrogens (tertiary/aromatic N) is 2. The molecule has 1 heterocycles. The third-order valence-electron chi connectivity index (χ3n) is 3.26. The molecule has 3 rings (SSSR count). The maximum Gasteiger partial charge on any atom is 0.256 e. The first-order valence-corrected chi connectivity index (χ1v) is 6.93. The number of anilines is 1. The van der Waals surface area contributed by atoms with E-state index in [1.54, 1.807) is 17.7 Å². The van der Waals surface area contributed by atoms with Crippen molar-refractivity contribution in [3.05, 3.63) is 77.5 Å². The molecule has 0 aliphatic rings. The molecule has 0 spiro atoms. The average Bonchev–Trinajstić information content (AvgIpc) is 2.91. The smallest absolute Gasteiger partial charge is 0.256 e. The molecule has 4 nitrogen and oxygen atoms in total. The SMILES string of the molecule is Cc1cc(NC(=O)c2ccc(F)c(F)c2)n(-c2ccccc2)n1. The Morgan fingerprint density at radius 1 is 1.04 bits per heavy atom. The summed E-state index contributed by atoms with van der Waals surface area (Å²) in [6.45, 7) is 1.80. The molecule has 0 saturated carbocycles. The molecule has 0 saturated heterocycles. The third-order valence-corrected chi connectivity index (χ3v) is 3.26. The lowest BCUT2D eigenvalue weighted by Crippen LogP contribution is -2.15. The van der Waals surface area contributed by atoms with Crippen LogP contribution in [0, 0.1) is 18.6 Å². The van der Waals surface area contributed by atoms with E-state index < -0.39 is 17.5 Å². The minimum atomic E-state index is -1.06. The van der Waals surface area contributed by atoms with E-state index in [1.165, 1.54) is 6.07 Å². The normalized spacial score (nSPS) is 10.6. The number of aryl methyl sites for hydroxylation is 1. The molecule has 1 N–H and O–H groups in total. The maximum absolute atomic E-state index is 13.3. The van der Waals surface area contributed by atoms with E-state index in [0.29, 0.717) is 5.82 Å². The van der Waals surface area contributed by atoms with Crippen LogP contribution in [0.4, 0.5) is 14.6 Å². The fourth-order valence-corrected chi connectivity index (χ4v) is 2.18. The van der Waals surface area contributed by atoms with Gasteiger partial charge in [0.2, 0.25) is 0 Å². The van der Waals surface area contributed by atoms with Gasteiger partial charge in [-0.2, -0.15) is 5.10 Å². The molecule has 2 aromatic carbocycles. The molecule has 0 fully saturated rings. The summed E-state index contributed by atoms with van der Waals surface area (Å²) in [5, 5.41) is 6.99. The number of halogens is 2. The summed E-state index contributed by atoms with van der Waals surface area (Å²) in [5.41, 5.74) is 1.53. The minimum Gasteiger partial charge on any atom is -0.306 e. The number of aromatic nitrogens is 2. The Balaban J connectivity index is 1.91. The number of benzene rings is 2. The topological polar surface area (TPSA) is 46.9 Å². The Labute approximate surface area is 131 Å². The van der Waals surface area contributed by atoms with E-state index >= 15 is 0 Å². The lowest BCUT2D eigenvalue weighted by atomic mass is 10.2. The van der Waals surface area contributed by atoms with Crippen LogP contribution >= 0.6 is 0 Å². The van der Waals surface area contributed by atoms with Gasteiger partial charge < -0.3 is 5.32 Å². The highest BCUT2D eigenvalue weighted by atomic mass is 19.2. The van der Waals surface area contributed by atoms with Crippen LogP contribution in [0.5, 0.6) is 0 Å². The van der Waals surface area contributed by atoms with Crippen LogP contribution in [0.1, 0.15) is 16.1 Å². The first-order chi connectivity index (χ1) is 11.0. The second kappa shape index (κ2) is 6.00. The van der Waals surface area contributed by atoms with Crippen molar-refractivity contribution in [1.29, 1.82) is 0 Å². The lowest BCUT2D eigenvalue weighted by molar-refractivity contribution is 0.102. The molecule has 0 aliphatic heterocycles. The van der Waals surface area contributed by atoms with Crippen LogP contribution in [0.15, 0.2) is 54.6 Å². The van der Waals surface area contributed by atoms with Gasteiger partial charge in [0.15, 0.2) is 11.6 Å².